The van der Waals surface area contributed by atoms with Crippen LogP contribution in [0.3, 0.4) is 0 Å². The van der Waals surface area contributed by atoms with Crippen LogP contribution in [0.4, 0.5) is 5.69 Å². The number of aliphatic imine (C=N–C) groups is 1. The number of rotatable bonds is 3. The molecule has 0 fully saturated rings. The number of halogens is 1. The standard InChI is InChI=1S/C21H15BrN2O2/c1-14-4-2-5-15(12-14)20-23-19(13-18-6-3-11-26-18)21(25)24(20)17-9-7-16(22)8-10-17/h2-13H,1H3/b19-13+. The second-order valence-electron chi connectivity index (χ2n) is 5.97. The molecule has 0 unspecified atom stereocenters. The van der Waals surface area contributed by atoms with Crippen LogP contribution in [0.25, 0.3) is 6.08 Å². The number of carbonyl (C=O) groups excluding carboxylic acids is 1. The Bertz CT molecular complexity index is 1020. The van der Waals surface area contributed by atoms with Gasteiger partial charge >= 0.3 is 0 Å². The highest BCUT2D eigenvalue weighted by Crippen LogP contribution is 2.29. The molecule has 1 aromatic heterocycles. The molecule has 3 aromatic rings. The Kier molecular flexibility index (Phi) is 4.31. The fourth-order valence-corrected chi connectivity index (χ4v) is 3.10. The van der Waals surface area contributed by atoms with Gasteiger partial charge in [-0.3, -0.25) is 9.69 Å². The molecular formula is C21H15BrN2O2. The Labute approximate surface area is 159 Å². The normalized spacial score (nSPS) is 15.6. The van der Waals surface area contributed by atoms with E-state index in [1.165, 1.54) is 0 Å². The van der Waals surface area contributed by atoms with Crippen molar-refractivity contribution in [2.24, 2.45) is 4.99 Å². The topological polar surface area (TPSA) is 45.8 Å². The molecule has 26 heavy (non-hydrogen) atoms. The molecule has 0 spiro atoms. The number of nitrogens with zero attached hydrogens (tertiary/aromatic N) is 2. The van der Waals surface area contributed by atoms with E-state index in [-0.39, 0.29) is 5.91 Å². The predicted octanol–water partition coefficient (Wildman–Crippen LogP) is 5.19. The maximum Gasteiger partial charge on any atom is 0.282 e. The first-order valence-electron chi connectivity index (χ1n) is 8.13. The predicted molar refractivity (Wildman–Crippen MR) is 106 cm³/mol. The third kappa shape index (κ3) is 3.13. The molecule has 128 valence electrons. The molecule has 0 radical (unpaired) electrons. The molecule has 0 saturated carbocycles. The molecule has 0 saturated heterocycles. The number of anilines is 1. The van der Waals surface area contributed by atoms with Gasteiger partial charge in [0.2, 0.25) is 0 Å². The summed E-state index contributed by atoms with van der Waals surface area (Å²) in [6.07, 6.45) is 3.24. The van der Waals surface area contributed by atoms with Crippen LogP contribution in [-0.2, 0) is 4.79 Å². The number of benzene rings is 2. The molecule has 2 heterocycles. The molecule has 4 nitrogen and oxygen atoms in total. The number of hydrogen-bond donors (Lipinski definition) is 0. The van der Waals surface area contributed by atoms with Gasteiger partial charge in [0.15, 0.2) is 0 Å². The van der Waals surface area contributed by atoms with Gasteiger partial charge < -0.3 is 4.42 Å². The summed E-state index contributed by atoms with van der Waals surface area (Å²) in [5.41, 5.74) is 3.11. The van der Waals surface area contributed by atoms with Crippen molar-refractivity contribution in [1.82, 2.24) is 0 Å². The van der Waals surface area contributed by atoms with Crippen LogP contribution in [0.1, 0.15) is 16.9 Å². The van der Waals surface area contributed by atoms with Crippen molar-refractivity contribution >= 4 is 39.4 Å². The van der Waals surface area contributed by atoms with E-state index in [0.717, 1.165) is 21.3 Å². The number of amides is 1. The van der Waals surface area contributed by atoms with E-state index >= 15 is 0 Å². The van der Waals surface area contributed by atoms with Crippen LogP contribution < -0.4 is 4.90 Å². The van der Waals surface area contributed by atoms with Gasteiger partial charge in [0, 0.05) is 16.1 Å². The summed E-state index contributed by atoms with van der Waals surface area (Å²) < 4.78 is 6.29. The highest BCUT2D eigenvalue weighted by Gasteiger charge is 2.32. The minimum Gasteiger partial charge on any atom is -0.465 e. The number of furan rings is 1. The van der Waals surface area contributed by atoms with Gasteiger partial charge in [0.25, 0.3) is 5.91 Å². The van der Waals surface area contributed by atoms with Crippen LogP contribution in [0.15, 0.2) is 86.5 Å². The molecule has 0 aliphatic carbocycles. The van der Waals surface area contributed by atoms with E-state index in [1.807, 2.05) is 55.5 Å². The van der Waals surface area contributed by atoms with Crippen molar-refractivity contribution in [3.05, 3.63) is 94.0 Å². The second-order valence-corrected chi connectivity index (χ2v) is 6.88. The lowest BCUT2D eigenvalue weighted by Gasteiger charge is -2.18. The van der Waals surface area contributed by atoms with Crippen LogP contribution >= 0.6 is 15.9 Å². The van der Waals surface area contributed by atoms with E-state index in [2.05, 4.69) is 20.9 Å². The van der Waals surface area contributed by atoms with E-state index < -0.39 is 0 Å². The zero-order valence-corrected chi connectivity index (χ0v) is 15.6. The fraction of sp³-hybridized carbons (Fsp3) is 0.0476. The maximum absolute atomic E-state index is 13.1. The highest BCUT2D eigenvalue weighted by atomic mass is 79.9. The molecule has 0 N–H and O–H groups in total. The number of aryl methyl sites for hydroxylation is 1. The first kappa shape index (κ1) is 16.5. The molecule has 4 rings (SSSR count). The van der Waals surface area contributed by atoms with E-state index in [0.29, 0.717) is 17.3 Å². The van der Waals surface area contributed by atoms with Gasteiger partial charge in [-0.25, -0.2) is 4.99 Å². The van der Waals surface area contributed by atoms with Crippen molar-refractivity contribution in [3.63, 3.8) is 0 Å². The second kappa shape index (κ2) is 6.77. The largest absolute Gasteiger partial charge is 0.465 e. The van der Waals surface area contributed by atoms with Gasteiger partial charge in [0.05, 0.1) is 12.0 Å². The van der Waals surface area contributed by atoms with Crippen molar-refractivity contribution in [2.45, 2.75) is 6.92 Å². The summed E-state index contributed by atoms with van der Waals surface area (Å²) in [7, 11) is 0. The Balaban J connectivity index is 1.84. The molecule has 1 amide bonds. The minimum atomic E-state index is -0.180. The average Bonchev–Trinajstić information content (AvgIpc) is 3.25. The van der Waals surface area contributed by atoms with Gasteiger partial charge in [-0.2, -0.15) is 0 Å². The molecule has 5 heteroatoms. The van der Waals surface area contributed by atoms with E-state index in [9.17, 15) is 4.79 Å². The van der Waals surface area contributed by atoms with Crippen molar-refractivity contribution in [1.29, 1.82) is 0 Å². The molecule has 1 aliphatic rings. The number of carbonyl (C=O) groups is 1. The van der Waals surface area contributed by atoms with Gasteiger partial charge in [-0.1, -0.05) is 39.7 Å². The number of hydrogen-bond acceptors (Lipinski definition) is 3. The Morgan fingerprint density at radius 3 is 2.58 bits per heavy atom. The lowest BCUT2D eigenvalue weighted by atomic mass is 10.1. The quantitative estimate of drug-likeness (QED) is 0.562. The van der Waals surface area contributed by atoms with Crippen LogP contribution in [-0.4, -0.2) is 11.7 Å². The Hall–Kier alpha value is -2.92. The molecule has 0 atom stereocenters. The lowest BCUT2D eigenvalue weighted by Crippen LogP contribution is -2.32. The first-order valence-corrected chi connectivity index (χ1v) is 8.92. The molecule has 1 aliphatic heterocycles. The summed E-state index contributed by atoms with van der Waals surface area (Å²) in [5, 5.41) is 0. The smallest absolute Gasteiger partial charge is 0.282 e. The van der Waals surface area contributed by atoms with Gasteiger partial charge in [-0.05, 0) is 49.4 Å². The Morgan fingerprint density at radius 1 is 1.08 bits per heavy atom. The van der Waals surface area contributed by atoms with Crippen molar-refractivity contribution < 1.29 is 9.21 Å². The van der Waals surface area contributed by atoms with Crippen LogP contribution in [0, 0.1) is 6.92 Å². The summed E-state index contributed by atoms with van der Waals surface area (Å²) in [4.78, 5) is 19.3. The highest BCUT2D eigenvalue weighted by molar-refractivity contribution is 9.10. The third-order valence-corrected chi connectivity index (χ3v) is 4.57. The summed E-state index contributed by atoms with van der Waals surface area (Å²) >= 11 is 3.43. The van der Waals surface area contributed by atoms with E-state index in [1.54, 1.807) is 29.4 Å². The molecule has 2 aromatic carbocycles. The van der Waals surface area contributed by atoms with Crippen molar-refractivity contribution in [2.75, 3.05) is 4.90 Å². The van der Waals surface area contributed by atoms with Crippen molar-refractivity contribution in [3.8, 4) is 0 Å². The lowest BCUT2D eigenvalue weighted by molar-refractivity contribution is -0.113. The Morgan fingerprint density at radius 2 is 1.88 bits per heavy atom. The fourth-order valence-electron chi connectivity index (χ4n) is 2.83. The summed E-state index contributed by atoms with van der Waals surface area (Å²) in [5.74, 6) is 1.03. The zero-order valence-electron chi connectivity index (χ0n) is 14.0. The maximum atomic E-state index is 13.1. The summed E-state index contributed by atoms with van der Waals surface area (Å²) in [6, 6.07) is 19.1. The number of amidine groups is 1. The SMILES string of the molecule is Cc1cccc(C2=N/C(=C/c3ccco3)C(=O)N2c2ccc(Br)cc2)c1. The third-order valence-electron chi connectivity index (χ3n) is 4.04. The van der Waals surface area contributed by atoms with Crippen LogP contribution in [0.5, 0.6) is 0 Å². The van der Waals surface area contributed by atoms with Gasteiger partial charge in [0.1, 0.15) is 17.3 Å². The van der Waals surface area contributed by atoms with E-state index in [4.69, 9.17) is 4.42 Å². The van der Waals surface area contributed by atoms with Crippen LogP contribution in [0.2, 0.25) is 0 Å². The average molecular weight is 407 g/mol. The monoisotopic (exact) mass is 406 g/mol. The van der Waals surface area contributed by atoms with Gasteiger partial charge in [-0.15, -0.1) is 0 Å². The molecular weight excluding hydrogens is 392 g/mol. The zero-order chi connectivity index (χ0) is 18.1. The summed E-state index contributed by atoms with van der Waals surface area (Å²) in [6.45, 7) is 2.02. The molecule has 0 bridgehead atoms. The minimum absolute atomic E-state index is 0.180. The first-order chi connectivity index (χ1) is 12.6.